The van der Waals surface area contributed by atoms with Crippen LogP contribution in [0.1, 0.15) is 31.9 Å². The number of hydrogen-bond acceptors (Lipinski definition) is 2. The van der Waals surface area contributed by atoms with Gasteiger partial charge in [0.25, 0.3) is 0 Å². The zero-order chi connectivity index (χ0) is 17.1. The molecular formula is C20H21N3O. The number of aryl methyl sites for hydroxylation is 1. The Kier molecular flexibility index (Phi) is 3.07. The maximum Gasteiger partial charge on any atom is 0.237 e. The summed E-state index contributed by atoms with van der Waals surface area (Å²) in [4.78, 5) is 22.6. The molecule has 4 nitrogen and oxygen atoms in total. The molecule has 1 aliphatic heterocycles. The number of carbonyl (C=O) groups is 1. The second-order valence-corrected chi connectivity index (χ2v) is 7.01. The van der Waals surface area contributed by atoms with Crippen molar-refractivity contribution in [3.05, 3.63) is 47.5 Å². The Morgan fingerprint density at radius 1 is 1.17 bits per heavy atom. The second kappa shape index (κ2) is 4.94. The summed E-state index contributed by atoms with van der Waals surface area (Å²) in [6.07, 6.45) is 0. The lowest BCUT2D eigenvalue weighted by molar-refractivity contribution is -0.122. The van der Waals surface area contributed by atoms with E-state index in [0.29, 0.717) is 6.54 Å². The van der Waals surface area contributed by atoms with E-state index in [2.05, 4.69) is 42.2 Å². The topological polar surface area (TPSA) is 49.0 Å². The predicted octanol–water partition coefficient (Wildman–Crippen LogP) is 4.18. The molecule has 0 fully saturated rings. The number of carbonyl (C=O) groups excluding carboxylic acids is 1. The molecule has 24 heavy (non-hydrogen) atoms. The molecule has 4 heteroatoms. The smallest absolute Gasteiger partial charge is 0.237 e. The van der Waals surface area contributed by atoms with Crippen molar-refractivity contribution < 1.29 is 4.79 Å². The third-order valence-electron chi connectivity index (χ3n) is 4.97. The zero-order valence-electron chi connectivity index (χ0n) is 14.5. The second-order valence-electron chi connectivity index (χ2n) is 7.01. The number of rotatable bonds is 2. The van der Waals surface area contributed by atoms with Crippen LogP contribution in [0.2, 0.25) is 0 Å². The van der Waals surface area contributed by atoms with Gasteiger partial charge in [0.05, 0.1) is 16.4 Å². The molecule has 0 saturated heterocycles. The lowest BCUT2D eigenvalue weighted by Crippen LogP contribution is -2.35. The molecule has 0 saturated carbocycles. The Bertz CT molecular complexity index is 968. The van der Waals surface area contributed by atoms with E-state index >= 15 is 0 Å². The first-order valence-electron chi connectivity index (χ1n) is 8.35. The minimum atomic E-state index is -0.463. The molecule has 2 heterocycles. The van der Waals surface area contributed by atoms with Crippen LogP contribution in [0.15, 0.2) is 36.4 Å². The van der Waals surface area contributed by atoms with E-state index in [1.54, 1.807) is 0 Å². The zero-order valence-corrected chi connectivity index (χ0v) is 14.5. The van der Waals surface area contributed by atoms with E-state index in [0.717, 1.165) is 33.7 Å². The highest BCUT2D eigenvalue weighted by molar-refractivity contribution is 6.08. The van der Waals surface area contributed by atoms with Gasteiger partial charge < -0.3 is 9.88 Å². The number of imidazole rings is 1. The van der Waals surface area contributed by atoms with E-state index < -0.39 is 5.41 Å². The fraction of sp³-hybridized carbons (Fsp3) is 0.300. The van der Waals surface area contributed by atoms with Gasteiger partial charge in [-0.05, 0) is 57.0 Å². The molecule has 0 atom stereocenters. The third-order valence-corrected chi connectivity index (χ3v) is 4.97. The molecule has 0 spiro atoms. The number of likely N-dealkylation sites (N-methyl/N-ethyl adjacent to an activating group) is 1. The Hall–Kier alpha value is -2.62. The summed E-state index contributed by atoms with van der Waals surface area (Å²) in [5, 5.41) is 0. The number of benzene rings is 2. The molecule has 0 bridgehead atoms. The predicted molar refractivity (Wildman–Crippen MR) is 97.3 cm³/mol. The number of hydrogen-bond donors (Lipinski definition) is 1. The van der Waals surface area contributed by atoms with Crippen LogP contribution in [0.3, 0.4) is 0 Å². The summed E-state index contributed by atoms with van der Waals surface area (Å²) in [5.41, 5.74) is 5.83. The summed E-state index contributed by atoms with van der Waals surface area (Å²) >= 11 is 0. The lowest BCUT2D eigenvalue weighted by Gasteiger charge is -2.18. The SMILES string of the molecule is CCN1C(=O)C(C)(C)c2ccc(-c3nc4ccc(C)cc4[nH]3)cc21. The number of anilines is 1. The number of fused-ring (bicyclic) bond motifs is 2. The van der Waals surface area contributed by atoms with Gasteiger partial charge in [0.1, 0.15) is 5.82 Å². The van der Waals surface area contributed by atoms with Crippen LogP contribution in [0.4, 0.5) is 5.69 Å². The molecule has 1 aliphatic rings. The van der Waals surface area contributed by atoms with E-state index in [9.17, 15) is 4.79 Å². The molecule has 0 aliphatic carbocycles. The number of amides is 1. The van der Waals surface area contributed by atoms with Gasteiger partial charge in [0.15, 0.2) is 0 Å². The average Bonchev–Trinajstić information content (AvgIpc) is 3.05. The van der Waals surface area contributed by atoms with Crippen LogP contribution in [0, 0.1) is 6.92 Å². The van der Waals surface area contributed by atoms with Gasteiger partial charge in [0.2, 0.25) is 5.91 Å². The maximum absolute atomic E-state index is 12.6. The number of aromatic amines is 1. The van der Waals surface area contributed by atoms with Gasteiger partial charge in [-0.1, -0.05) is 18.2 Å². The van der Waals surface area contributed by atoms with Gasteiger partial charge in [-0.3, -0.25) is 4.79 Å². The molecule has 2 aromatic carbocycles. The van der Waals surface area contributed by atoms with Crippen molar-refractivity contribution in [1.82, 2.24) is 9.97 Å². The largest absolute Gasteiger partial charge is 0.338 e. The molecule has 1 amide bonds. The van der Waals surface area contributed by atoms with Crippen molar-refractivity contribution in [3.63, 3.8) is 0 Å². The Labute approximate surface area is 141 Å². The summed E-state index contributed by atoms with van der Waals surface area (Å²) in [7, 11) is 0. The number of nitrogens with one attached hydrogen (secondary N) is 1. The fourth-order valence-electron chi connectivity index (χ4n) is 3.57. The van der Waals surface area contributed by atoms with Crippen LogP contribution >= 0.6 is 0 Å². The Morgan fingerprint density at radius 2 is 1.96 bits per heavy atom. The monoisotopic (exact) mass is 319 g/mol. The van der Waals surface area contributed by atoms with Crippen molar-refractivity contribution in [2.24, 2.45) is 0 Å². The third kappa shape index (κ3) is 1.99. The number of H-pyrrole nitrogens is 1. The standard InChI is InChI=1S/C20H21N3O/c1-5-23-17-11-13(7-8-14(17)20(3,4)19(23)24)18-21-15-9-6-12(2)10-16(15)22-18/h6-11H,5H2,1-4H3,(H,21,22). The van der Waals surface area contributed by atoms with E-state index in [4.69, 9.17) is 4.98 Å². The molecular weight excluding hydrogens is 298 g/mol. The van der Waals surface area contributed by atoms with Crippen molar-refractivity contribution in [2.45, 2.75) is 33.1 Å². The van der Waals surface area contributed by atoms with Gasteiger partial charge in [0, 0.05) is 17.8 Å². The first-order valence-corrected chi connectivity index (χ1v) is 8.35. The summed E-state index contributed by atoms with van der Waals surface area (Å²) in [5.74, 6) is 1.00. The van der Waals surface area contributed by atoms with E-state index in [1.165, 1.54) is 5.56 Å². The van der Waals surface area contributed by atoms with Gasteiger partial charge >= 0.3 is 0 Å². The molecule has 3 aromatic rings. The van der Waals surface area contributed by atoms with Crippen LogP contribution in [-0.4, -0.2) is 22.4 Å². The quantitative estimate of drug-likeness (QED) is 0.770. The van der Waals surface area contributed by atoms with Gasteiger partial charge in [-0.2, -0.15) is 0 Å². The summed E-state index contributed by atoms with van der Waals surface area (Å²) in [6, 6.07) is 12.4. The molecule has 1 aromatic heterocycles. The summed E-state index contributed by atoms with van der Waals surface area (Å²) in [6.45, 7) is 8.75. The molecule has 0 unspecified atom stereocenters. The first kappa shape index (κ1) is 14.9. The Balaban J connectivity index is 1.86. The highest BCUT2D eigenvalue weighted by Crippen LogP contribution is 2.43. The minimum Gasteiger partial charge on any atom is -0.338 e. The lowest BCUT2D eigenvalue weighted by atomic mass is 9.86. The minimum absolute atomic E-state index is 0.164. The van der Waals surface area contributed by atoms with Crippen LogP contribution in [0.5, 0.6) is 0 Å². The van der Waals surface area contributed by atoms with Crippen LogP contribution in [0.25, 0.3) is 22.4 Å². The van der Waals surface area contributed by atoms with E-state index in [1.807, 2.05) is 31.7 Å². The first-order chi connectivity index (χ1) is 11.4. The van der Waals surface area contributed by atoms with Gasteiger partial charge in [-0.15, -0.1) is 0 Å². The summed E-state index contributed by atoms with van der Waals surface area (Å²) < 4.78 is 0. The van der Waals surface area contributed by atoms with E-state index in [-0.39, 0.29) is 5.91 Å². The molecule has 122 valence electrons. The molecule has 0 radical (unpaired) electrons. The van der Waals surface area contributed by atoms with Crippen molar-refractivity contribution in [3.8, 4) is 11.4 Å². The molecule has 1 N–H and O–H groups in total. The van der Waals surface area contributed by atoms with Crippen molar-refractivity contribution >= 4 is 22.6 Å². The van der Waals surface area contributed by atoms with Crippen molar-refractivity contribution in [2.75, 3.05) is 11.4 Å². The fourth-order valence-corrected chi connectivity index (χ4v) is 3.57. The highest BCUT2D eigenvalue weighted by Gasteiger charge is 2.43. The normalized spacial score (nSPS) is 16.0. The van der Waals surface area contributed by atoms with Gasteiger partial charge in [-0.25, -0.2) is 4.98 Å². The average molecular weight is 319 g/mol. The number of aromatic nitrogens is 2. The maximum atomic E-state index is 12.6. The van der Waals surface area contributed by atoms with Crippen LogP contribution < -0.4 is 4.90 Å². The molecule has 4 rings (SSSR count). The highest BCUT2D eigenvalue weighted by atomic mass is 16.2. The van der Waals surface area contributed by atoms with Crippen LogP contribution in [-0.2, 0) is 10.2 Å². The number of nitrogens with zero attached hydrogens (tertiary/aromatic N) is 2. The Morgan fingerprint density at radius 3 is 2.71 bits per heavy atom. The van der Waals surface area contributed by atoms with Crippen molar-refractivity contribution in [1.29, 1.82) is 0 Å².